The van der Waals surface area contributed by atoms with E-state index < -0.39 is 0 Å². The number of pyridine rings is 1. The Balaban J connectivity index is 1.63. The summed E-state index contributed by atoms with van der Waals surface area (Å²) in [6.07, 6.45) is 0.892. The molecule has 4 heteroatoms. The van der Waals surface area contributed by atoms with Crippen molar-refractivity contribution < 1.29 is 4.74 Å². The monoisotopic (exact) mass is 410 g/mol. The molecule has 1 aliphatic rings. The summed E-state index contributed by atoms with van der Waals surface area (Å²) in [6.45, 7) is 4.82. The van der Waals surface area contributed by atoms with Crippen molar-refractivity contribution in [1.29, 1.82) is 0 Å². The van der Waals surface area contributed by atoms with E-state index in [1.54, 1.807) is 0 Å². The summed E-state index contributed by atoms with van der Waals surface area (Å²) in [5, 5.41) is 5.52. The first-order chi connectivity index (χ1) is 15.1. The number of rotatable bonds is 4. The van der Waals surface area contributed by atoms with E-state index in [2.05, 4.69) is 24.4 Å². The molecule has 2 heterocycles. The van der Waals surface area contributed by atoms with Gasteiger partial charge in [0.05, 0.1) is 12.0 Å². The lowest BCUT2D eigenvalue weighted by atomic mass is 9.98. The van der Waals surface area contributed by atoms with Gasteiger partial charge in [0.15, 0.2) is 0 Å². The molecule has 1 N–H and O–H groups in total. The minimum atomic E-state index is -0.0334. The number of ether oxygens (including phenoxy) is 1. The maximum atomic E-state index is 13.7. The molecule has 0 saturated heterocycles. The molecule has 31 heavy (non-hydrogen) atoms. The quantitative estimate of drug-likeness (QED) is 0.485. The molecule has 1 aromatic heterocycles. The van der Waals surface area contributed by atoms with Crippen molar-refractivity contribution in [2.45, 2.75) is 32.4 Å². The summed E-state index contributed by atoms with van der Waals surface area (Å²) in [5.41, 5.74) is 4.04. The number of benzene rings is 3. The molecule has 2 atom stereocenters. The third-order valence-electron chi connectivity index (χ3n) is 6.15. The van der Waals surface area contributed by atoms with E-state index in [-0.39, 0.29) is 17.6 Å². The van der Waals surface area contributed by atoms with Gasteiger partial charge in [0.1, 0.15) is 5.75 Å². The lowest BCUT2D eigenvalue weighted by molar-refractivity contribution is 0.245. The van der Waals surface area contributed by atoms with Crippen LogP contribution in [-0.4, -0.2) is 11.2 Å². The van der Waals surface area contributed by atoms with Crippen LogP contribution in [0.15, 0.2) is 83.7 Å². The smallest absolute Gasteiger partial charge is 0.263 e. The zero-order valence-corrected chi connectivity index (χ0v) is 17.8. The SMILES string of the molecule is Cc1cccc2cc(C(C)NC3CCOc4ccccc43)n(-c3ccccc3)c(=O)c12. The minimum Gasteiger partial charge on any atom is -0.493 e. The molecule has 0 aliphatic carbocycles. The predicted octanol–water partition coefficient (Wildman–Crippen LogP) is 5.47. The van der Waals surface area contributed by atoms with Gasteiger partial charge in [0, 0.05) is 35.4 Å². The van der Waals surface area contributed by atoms with Crippen LogP contribution in [0.2, 0.25) is 0 Å². The Kier molecular flexibility index (Phi) is 5.08. The van der Waals surface area contributed by atoms with Gasteiger partial charge in [-0.25, -0.2) is 0 Å². The van der Waals surface area contributed by atoms with E-state index >= 15 is 0 Å². The van der Waals surface area contributed by atoms with E-state index in [4.69, 9.17) is 4.74 Å². The lowest BCUT2D eigenvalue weighted by Gasteiger charge is -2.30. The van der Waals surface area contributed by atoms with Gasteiger partial charge in [0.2, 0.25) is 0 Å². The summed E-state index contributed by atoms with van der Waals surface area (Å²) in [6, 6.07) is 26.4. The highest BCUT2D eigenvalue weighted by molar-refractivity contribution is 5.85. The predicted molar refractivity (Wildman–Crippen MR) is 125 cm³/mol. The summed E-state index contributed by atoms with van der Waals surface area (Å²) in [7, 11) is 0. The second kappa shape index (κ2) is 8.05. The first-order valence-corrected chi connectivity index (χ1v) is 10.8. The van der Waals surface area contributed by atoms with E-state index in [9.17, 15) is 4.79 Å². The van der Waals surface area contributed by atoms with Gasteiger partial charge >= 0.3 is 0 Å². The van der Waals surface area contributed by atoms with Crippen LogP contribution in [0.4, 0.5) is 0 Å². The molecule has 4 aromatic rings. The highest BCUT2D eigenvalue weighted by atomic mass is 16.5. The summed E-state index contributed by atoms with van der Waals surface area (Å²) in [4.78, 5) is 13.7. The van der Waals surface area contributed by atoms with Gasteiger partial charge < -0.3 is 10.1 Å². The Hall–Kier alpha value is -3.37. The van der Waals surface area contributed by atoms with Crippen LogP contribution >= 0.6 is 0 Å². The second-order valence-electron chi connectivity index (χ2n) is 8.20. The topological polar surface area (TPSA) is 43.3 Å². The van der Waals surface area contributed by atoms with E-state index in [1.165, 1.54) is 5.56 Å². The molecule has 0 radical (unpaired) electrons. The summed E-state index contributed by atoms with van der Waals surface area (Å²) >= 11 is 0. The number of aryl methyl sites for hydroxylation is 1. The van der Waals surface area contributed by atoms with E-state index in [0.29, 0.717) is 6.61 Å². The first kappa shape index (κ1) is 19.6. The van der Waals surface area contributed by atoms with Crippen LogP contribution in [0.25, 0.3) is 16.5 Å². The second-order valence-corrected chi connectivity index (χ2v) is 8.20. The zero-order chi connectivity index (χ0) is 21.4. The van der Waals surface area contributed by atoms with Gasteiger partial charge in [-0.1, -0.05) is 54.6 Å². The first-order valence-electron chi connectivity index (χ1n) is 10.8. The van der Waals surface area contributed by atoms with Crippen molar-refractivity contribution in [3.05, 3.63) is 106 Å². The summed E-state index contributed by atoms with van der Waals surface area (Å²) < 4.78 is 7.69. The minimum absolute atomic E-state index is 0.0258. The van der Waals surface area contributed by atoms with Crippen LogP contribution in [0, 0.1) is 6.92 Å². The van der Waals surface area contributed by atoms with Gasteiger partial charge in [-0.15, -0.1) is 0 Å². The molecule has 4 nitrogen and oxygen atoms in total. The van der Waals surface area contributed by atoms with Gasteiger partial charge in [-0.05, 0) is 49.1 Å². The van der Waals surface area contributed by atoms with E-state index in [1.807, 2.05) is 78.2 Å². The molecule has 0 fully saturated rings. The Bertz CT molecular complexity index is 1290. The van der Waals surface area contributed by atoms with Crippen molar-refractivity contribution in [1.82, 2.24) is 9.88 Å². The van der Waals surface area contributed by atoms with Crippen molar-refractivity contribution in [2.24, 2.45) is 0 Å². The average Bonchev–Trinajstić information content (AvgIpc) is 2.79. The molecule has 1 aliphatic heterocycles. The van der Waals surface area contributed by atoms with Crippen LogP contribution < -0.4 is 15.6 Å². The molecule has 0 saturated carbocycles. The fourth-order valence-corrected chi connectivity index (χ4v) is 4.62. The molecule has 2 unspecified atom stereocenters. The Morgan fingerprint density at radius 2 is 1.77 bits per heavy atom. The summed E-state index contributed by atoms with van der Waals surface area (Å²) in [5.74, 6) is 0.938. The Morgan fingerprint density at radius 3 is 2.61 bits per heavy atom. The normalized spacial score (nSPS) is 16.5. The maximum Gasteiger partial charge on any atom is 0.263 e. The van der Waals surface area contributed by atoms with Crippen LogP contribution in [-0.2, 0) is 0 Å². The number of hydrogen-bond acceptors (Lipinski definition) is 3. The van der Waals surface area contributed by atoms with Gasteiger partial charge in [-0.3, -0.25) is 9.36 Å². The third-order valence-corrected chi connectivity index (χ3v) is 6.15. The molecule has 0 spiro atoms. The molecule has 156 valence electrons. The number of nitrogens with zero attached hydrogens (tertiary/aromatic N) is 1. The molecule has 0 amide bonds. The highest BCUT2D eigenvalue weighted by Gasteiger charge is 2.25. The van der Waals surface area contributed by atoms with Crippen molar-refractivity contribution in [2.75, 3.05) is 6.61 Å². The molecule has 0 bridgehead atoms. The lowest BCUT2D eigenvalue weighted by Crippen LogP contribution is -2.33. The third kappa shape index (κ3) is 3.53. The highest BCUT2D eigenvalue weighted by Crippen LogP contribution is 2.34. The fraction of sp³-hybridized carbons (Fsp3) is 0.222. The van der Waals surface area contributed by atoms with Gasteiger partial charge in [0.25, 0.3) is 5.56 Å². The van der Waals surface area contributed by atoms with E-state index in [0.717, 1.165) is 39.9 Å². The molecular formula is C27H26N2O2. The fourth-order valence-electron chi connectivity index (χ4n) is 4.62. The molecular weight excluding hydrogens is 384 g/mol. The van der Waals surface area contributed by atoms with Crippen molar-refractivity contribution in [3.8, 4) is 11.4 Å². The van der Waals surface area contributed by atoms with Crippen molar-refractivity contribution >= 4 is 10.8 Å². The largest absolute Gasteiger partial charge is 0.493 e. The molecule has 3 aromatic carbocycles. The number of para-hydroxylation sites is 2. The standard InChI is InChI=1S/C27H26N2O2/c1-18-9-8-10-20-17-24(29(27(30)26(18)20)21-11-4-3-5-12-21)19(2)28-23-15-16-31-25-14-7-6-13-22(23)25/h3-14,17,19,23,28H,15-16H2,1-2H3. The average molecular weight is 411 g/mol. The number of fused-ring (bicyclic) bond motifs is 2. The van der Waals surface area contributed by atoms with Crippen LogP contribution in [0.5, 0.6) is 5.75 Å². The number of hydrogen-bond donors (Lipinski definition) is 1. The number of aromatic nitrogens is 1. The number of nitrogens with one attached hydrogen (secondary N) is 1. The van der Waals surface area contributed by atoms with Crippen LogP contribution in [0.1, 0.15) is 42.2 Å². The maximum absolute atomic E-state index is 13.7. The Morgan fingerprint density at radius 1 is 1.00 bits per heavy atom. The van der Waals surface area contributed by atoms with Crippen molar-refractivity contribution in [3.63, 3.8) is 0 Å². The van der Waals surface area contributed by atoms with Gasteiger partial charge in [-0.2, -0.15) is 0 Å². The molecule has 5 rings (SSSR count). The Labute approximate surface area is 182 Å². The van der Waals surface area contributed by atoms with Crippen LogP contribution in [0.3, 0.4) is 0 Å². The zero-order valence-electron chi connectivity index (χ0n) is 17.8.